The molecule has 4 aliphatic carbocycles. The molecule has 0 saturated heterocycles. The molecule has 4 fully saturated rings. The molecule has 0 spiro atoms. The van der Waals surface area contributed by atoms with Gasteiger partial charge in [0.05, 0.1) is 17.8 Å². The molecule has 0 aromatic heterocycles. The predicted octanol–water partition coefficient (Wildman–Crippen LogP) is 2.19. The van der Waals surface area contributed by atoms with E-state index in [-0.39, 0.29) is 15.3 Å². The molecule has 0 aliphatic heterocycles. The lowest BCUT2D eigenvalue weighted by Crippen LogP contribution is -2.64. The van der Waals surface area contributed by atoms with Crippen LogP contribution in [0.5, 0.6) is 0 Å². The molecule has 4 nitrogen and oxygen atoms in total. The van der Waals surface area contributed by atoms with E-state index in [4.69, 9.17) is 4.74 Å². The summed E-state index contributed by atoms with van der Waals surface area (Å²) in [6.45, 7) is 2.32. The van der Waals surface area contributed by atoms with E-state index in [1.165, 1.54) is 0 Å². The SMILES string of the molecule is CCC(I)C(=O)OCC12CC3CC(O)(CC(O)(C3)C1)C2. The standard InChI is InChI=1S/C15H23IO4/c1-2-11(16)12(17)20-9-13-3-10-4-14(18,6-13)8-15(19,5-10)7-13/h10-11,18-19H,2-9H2,1H3. The molecule has 3 atom stereocenters. The highest BCUT2D eigenvalue weighted by Crippen LogP contribution is 2.63. The van der Waals surface area contributed by atoms with Crippen LogP contribution in [-0.2, 0) is 9.53 Å². The summed E-state index contributed by atoms with van der Waals surface area (Å²) in [6, 6.07) is 0. The van der Waals surface area contributed by atoms with Crippen LogP contribution in [0.25, 0.3) is 0 Å². The first kappa shape index (κ1) is 15.0. The second-order valence-electron chi connectivity index (χ2n) is 7.44. The summed E-state index contributed by atoms with van der Waals surface area (Å²) in [5, 5.41) is 21.3. The monoisotopic (exact) mass is 394 g/mol. The Hall–Kier alpha value is 0.120. The normalized spacial score (nSPS) is 47.3. The Morgan fingerprint density at radius 3 is 2.35 bits per heavy atom. The first-order chi connectivity index (χ1) is 9.27. The topological polar surface area (TPSA) is 66.8 Å². The van der Waals surface area contributed by atoms with E-state index in [1.54, 1.807) is 0 Å². The molecular formula is C15H23IO4. The van der Waals surface area contributed by atoms with Crippen LogP contribution in [0.15, 0.2) is 0 Å². The summed E-state index contributed by atoms with van der Waals surface area (Å²) < 4.78 is 5.40. The fourth-order valence-electron chi connectivity index (χ4n) is 5.17. The van der Waals surface area contributed by atoms with Crippen molar-refractivity contribution >= 4 is 28.6 Å². The van der Waals surface area contributed by atoms with Crippen molar-refractivity contribution in [3.8, 4) is 0 Å². The van der Waals surface area contributed by atoms with Gasteiger partial charge in [-0.15, -0.1) is 0 Å². The zero-order valence-electron chi connectivity index (χ0n) is 11.9. The van der Waals surface area contributed by atoms with Gasteiger partial charge >= 0.3 is 5.97 Å². The third-order valence-electron chi connectivity index (χ3n) is 5.26. The van der Waals surface area contributed by atoms with Crippen LogP contribution in [-0.4, -0.2) is 37.9 Å². The molecule has 4 bridgehead atoms. The van der Waals surface area contributed by atoms with E-state index in [0.717, 1.165) is 25.7 Å². The number of halogens is 1. The molecule has 4 saturated carbocycles. The Morgan fingerprint density at radius 1 is 1.25 bits per heavy atom. The maximum atomic E-state index is 11.9. The fourth-order valence-corrected chi connectivity index (χ4v) is 5.35. The lowest BCUT2D eigenvalue weighted by molar-refractivity contribution is -0.239. The molecular weight excluding hydrogens is 371 g/mol. The molecule has 114 valence electrons. The second-order valence-corrected chi connectivity index (χ2v) is 8.94. The fraction of sp³-hybridized carbons (Fsp3) is 0.933. The maximum absolute atomic E-state index is 11.9. The van der Waals surface area contributed by atoms with Crippen LogP contribution in [0.2, 0.25) is 0 Å². The molecule has 4 aliphatic rings. The molecule has 20 heavy (non-hydrogen) atoms. The Labute approximate surface area is 133 Å². The summed E-state index contributed by atoms with van der Waals surface area (Å²) in [5.74, 6) is 0.212. The molecule has 0 aromatic rings. The minimum Gasteiger partial charge on any atom is -0.464 e. The number of esters is 1. The van der Waals surface area contributed by atoms with E-state index in [2.05, 4.69) is 22.6 Å². The molecule has 2 N–H and O–H groups in total. The largest absolute Gasteiger partial charge is 0.464 e. The third kappa shape index (κ3) is 2.61. The van der Waals surface area contributed by atoms with Crippen LogP contribution in [0.3, 0.4) is 0 Å². The first-order valence-corrected chi connectivity index (χ1v) is 8.77. The second kappa shape index (κ2) is 4.81. The lowest BCUT2D eigenvalue weighted by atomic mass is 9.46. The molecule has 0 heterocycles. The van der Waals surface area contributed by atoms with E-state index in [1.807, 2.05) is 6.92 Å². The maximum Gasteiger partial charge on any atom is 0.318 e. The number of hydrogen-bond acceptors (Lipinski definition) is 4. The third-order valence-corrected chi connectivity index (χ3v) is 6.65. The van der Waals surface area contributed by atoms with Gasteiger partial charge in [0.15, 0.2) is 0 Å². The van der Waals surface area contributed by atoms with E-state index in [0.29, 0.717) is 31.8 Å². The molecule has 0 amide bonds. The summed E-state index contributed by atoms with van der Waals surface area (Å²) in [6.07, 6.45) is 5.18. The average Bonchev–Trinajstić information content (AvgIpc) is 2.30. The van der Waals surface area contributed by atoms with Gasteiger partial charge in [0.1, 0.15) is 3.92 Å². The highest BCUT2D eigenvalue weighted by atomic mass is 127. The van der Waals surface area contributed by atoms with Gasteiger partial charge in [-0.25, -0.2) is 0 Å². The van der Waals surface area contributed by atoms with Gasteiger partial charge in [0.2, 0.25) is 0 Å². The van der Waals surface area contributed by atoms with Gasteiger partial charge in [-0.3, -0.25) is 4.79 Å². The van der Waals surface area contributed by atoms with Crippen LogP contribution in [0.4, 0.5) is 0 Å². The summed E-state index contributed by atoms with van der Waals surface area (Å²) in [4.78, 5) is 11.9. The molecule has 0 aromatic carbocycles. The zero-order chi connectivity index (χ0) is 14.6. The van der Waals surface area contributed by atoms with Crippen LogP contribution in [0.1, 0.15) is 51.9 Å². The van der Waals surface area contributed by atoms with Crippen molar-refractivity contribution in [3.05, 3.63) is 0 Å². The summed E-state index contributed by atoms with van der Waals surface area (Å²) in [5.41, 5.74) is -1.69. The number of alkyl halides is 1. The van der Waals surface area contributed by atoms with Crippen molar-refractivity contribution in [3.63, 3.8) is 0 Å². The first-order valence-electron chi connectivity index (χ1n) is 7.53. The lowest BCUT2D eigenvalue weighted by Gasteiger charge is -2.63. The minimum atomic E-state index is -0.741. The van der Waals surface area contributed by atoms with E-state index >= 15 is 0 Å². The molecule has 0 radical (unpaired) electrons. The zero-order valence-corrected chi connectivity index (χ0v) is 14.1. The average molecular weight is 394 g/mol. The highest BCUT2D eigenvalue weighted by Gasteiger charge is 2.63. The van der Waals surface area contributed by atoms with Gasteiger partial charge in [0.25, 0.3) is 0 Å². The van der Waals surface area contributed by atoms with Crippen LogP contribution >= 0.6 is 22.6 Å². The number of aliphatic hydroxyl groups is 2. The molecule has 5 heteroatoms. The number of rotatable bonds is 4. The van der Waals surface area contributed by atoms with Crippen molar-refractivity contribution in [2.45, 2.75) is 67.0 Å². The van der Waals surface area contributed by atoms with Crippen molar-refractivity contribution in [2.24, 2.45) is 11.3 Å². The Balaban J connectivity index is 1.71. The van der Waals surface area contributed by atoms with Crippen molar-refractivity contribution in [2.75, 3.05) is 6.61 Å². The van der Waals surface area contributed by atoms with Gasteiger partial charge < -0.3 is 14.9 Å². The Kier molecular flexibility index (Phi) is 3.62. The summed E-state index contributed by atoms with van der Waals surface area (Å²) in [7, 11) is 0. The van der Waals surface area contributed by atoms with Crippen molar-refractivity contribution in [1.82, 2.24) is 0 Å². The minimum absolute atomic E-state index is 0.104. The van der Waals surface area contributed by atoms with Crippen LogP contribution in [0, 0.1) is 11.3 Å². The Morgan fingerprint density at radius 2 is 1.85 bits per heavy atom. The summed E-state index contributed by atoms with van der Waals surface area (Å²) >= 11 is 2.11. The number of carbonyl (C=O) groups excluding carboxylic acids is 1. The predicted molar refractivity (Wildman–Crippen MR) is 82.6 cm³/mol. The Bertz CT molecular complexity index is 406. The highest BCUT2D eigenvalue weighted by molar-refractivity contribution is 14.1. The van der Waals surface area contributed by atoms with Crippen LogP contribution < -0.4 is 0 Å². The number of carbonyl (C=O) groups is 1. The number of hydrogen-bond donors (Lipinski definition) is 2. The molecule has 3 unspecified atom stereocenters. The quantitative estimate of drug-likeness (QED) is 0.436. The van der Waals surface area contributed by atoms with Crippen molar-refractivity contribution < 1.29 is 19.7 Å². The molecule has 4 rings (SSSR count). The van der Waals surface area contributed by atoms with Crippen molar-refractivity contribution in [1.29, 1.82) is 0 Å². The van der Waals surface area contributed by atoms with Gasteiger partial charge in [-0.1, -0.05) is 29.5 Å². The van der Waals surface area contributed by atoms with Gasteiger partial charge in [-0.05, 0) is 44.4 Å². The van der Waals surface area contributed by atoms with Gasteiger partial charge in [0, 0.05) is 11.8 Å². The number of ether oxygens (including phenoxy) is 1. The van der Waals surface area contributed by atoms with Gasteiger partial charge in [-0.2, -0.15) is 0 Å². The van der Waals surface area contributed by atoms with E-state index in [9.17, 15) is 15.0 Å². The smallest absolute Gasteiger partial charge is 0.318 e. The van der Waals surface area contributed by atoms with E-state index < -0.39 is 11.2 Å².